The summed E-state index contributed by atoms with van der Waals surface area (Å²) in [6, 6.07) is 3.17. The van der Waals surface area contributed by atoms with E-state index in [1.54, 1.807) is 16.8 Å². The summed E-state index contributed by atoms with van der Waals surface area (Å²) in [5.41, 5.74) is -0.643. The molecule has 0 unspecified atom stereocenters. The lowest BCUT2D eigenvalue weighted by Gasteiger charge is -2.07. The Morgan fingerprint density at radius 1 is 1.47 bits per heavy atom. The number of hydrogen-bond acceptors (Lipinski definition) is 5. The summed E-state index contributed by atoms with van der Waals surface area (Å²) in [7, 11) is 0. The van der Waals surface area contributed by atoms with E-state index in [4.69, 9.17) is 5.11 Å². The van der Waals surface area contributed by atoms with Gasteiger partial charge in [-0.1, -0.05) is 0 Å². The number of nitro benzene ring substituents is 1. The Hall–Kier alpha value is -2.48. The summed E-state index contributed by atoms with van der Waals surface area (Å²) in [6.45, 7) is 0. The van der Waals surface area contributed by atoms with Crippen molar-refractivity contribution in [2.45, 2.75) is 0 Å². The lowest BCUT2D eigenvalue weighted by Crippen LogP contribution is -2.05. The fourth-order valence-corrected chi connectivity index (χ4v) is 2.06. The van der Waals surface area contributed by atoms with Gasteiger partial charge in [0.25, 0.3) is 5.69 Å². The maximum Gasteiger partial charge on any atom is 0.338 e. The zero-order valence-corrected chi connectivity index (χ0v) is 10.1. The Bertz CT molecular complexity index is 642. The molecule has 2 N–H and O–H groups in total. The standard InChI is InChI=1S/C11H7FN2O4S/c12-8-4-10(14(17)18)9(3-7(8)11(15)16)13-6-1-2-19-5-6/h1-5,13H,(H,15,16). The van der Waals surface area contributed by atoms with Gasteiger partial charge in [-0.25, -0.2) is 9.18 Å². The van der Waals surface area contributed by atoms with Crippen molar-refractivity contribution in [3.05, 3.63) is 50.5 Å². The fourth-order valence-electron chi connectivity index (χ4n) is 1.47. The number of anilines is 2. The minimum Gasteiger partial charge on any atom is -0.478 e. The first-order chi connectivity index (χ1) is 8.99. The maximum absolute atomic E-state index is 13.4. The molecule has 0 spiro atoms. The third-order valence-electron chi connectivity index (χ3n) is 2.31. The first-order valence-electron chi connectivity index (χ1n) is 4.99. The van der Waals surface area contributed by atoms with E-state index in [0.717, 1.165) is 6.07 Å². The number of benzene rings is 1. The first-order valence-corrected chi connectivity index (χ1v) is 5.94. The fraction of sp³-hybridized carbons (Fsp3) is 0. The molecule has 1 heterocycles. The second-order valence-electron chi connectivity index (χ2n) is 3.55. The SMILES string of the molecule is O=C(O)c1cc(Nc2ccsc2)c([N+](=O)[O-])cc1F. The highest BCUT2D eigenvalue weighted by Crippen LogP contribution is 2.31. The van der Waals surface area contributed by atoms with Crippen LogP contribution in [-0.2, 0) is 0 Å². The molecule has 6 nitrogen and oxygen atoms in total. The van der Waals surface area contributed by atoms with Crippen molar-refractivity contribution in [1.29, 1.82) is 0 Å². The average molecular weight is 282 g/mol. The van der Waals surface area contributed by atoms with Gasteiger partial charge in [0.2, 0.25) is 0 Å². The number of nitrogens with one attached hydrogen (secondary N) is 1. The van der Waals surface area contributed by atoms with Crippen LogP contribution < -0.4 is 5.32 Å². The second-order valence-corrected chi connectivity index (χ2v) is 4.33. The van der Waals surface area contributed by atoms with Crippen LogP contribution in [0.2, 0.25) is 0 Å². The monoisotopic (exact) mass is 282 g/mol. The predicted octanol–water partition coefficient (Wildman–Crippen LogP) is 3.24. The molecular weight excluding hydrogens is 275 g/mol. The summed E-state index contributed by atoms with van der Waals surface area (Å²) in [4.78, 5) is 20.9. The van der Waals surface area contributed by atoms with Gasteiger partial charge in [0.15, 0.2) is 0 Å². The number of nitrogens with zero attached hydrogens (tertiary/aromatic N) is 1. The van der Waals surface area contributed by atoms with Crippen LogP contribution in [0.1, 0.15) is 10.4 Å². The molecule has 0 atom stereocenters. The number of halogens is 1. The smallest absolute Gasteiger partial charge is 0.338 e. The van der Waals surface area contributed by atoms with Crippen LogP contribution in [-0.4, -0.2) is 16.0 Å². The van der Waals surface area contributed by atoms with E-state index in [1.165, 1.54) is 11.3 Å². The number of carboxylic acids is 1. The Balaban J connectivity index is 2.52. The van der Waals surface area contributed by atoms with E-state index in [9.17, 15) is 19.3 Å². The average Bonchev–Trinajstić information content (AvgIpc) is 2.83. The third kappa shape index (κ3) is 2.68. The second kappa shape index (κ2) is 5.02. The molecule has 0 aliphatic carbocycles. The van der Waals surface area contributed by atoms with Gasteiger partial charge < -0.3 is 10.4 Å². The molecule has 1 aromatic heterocycles. The number of thiophene rings is 1. The summed E-state index contributed by atoms with van der Waals surface area (Å²) >= 11 is 1.36. The molecule has 0 radical (unpaired) electrons. The van der Waals surface area contributed by atoms with Crippen LogP contribution in [0.25, 0.3) is 0 Å². The predicted molar refractivity (Wildman–Crippen MR) is 67.6 cm³/mol. The van der Waals surface area contributed by atoms with E-state index < -0.39 is 28.0 Å². The Morgan fingerprint density at radius 3 is 2.74 bits per heavy atom. The van der Waals surface area contributed by atoms with Gasteiger partial charge in [0, 0.05) is 11.1 Å². The minimum absolute atomic E-state index is 0.0674. The molecule has 0 saturated heterocycles. The van der Waals surface area contributed by atoms with Crippen molar-refractivity contribution in [2.24, 2.45) is 0 Å². The summed E-state index contributed by atoms with van der Waals surface area (Å²) < 4.78 is 13.4. The van der Waals surface area contributed by atoms with E-state index in [0.29, 0.717) is 11.8 Å². The van der Waals surface area contributed by atoms with E-state index >= 15 is 0 Å². The van der Waals surface area contributed by atoms with Gasteiger partial charge in [0.05, 0.1) is 16.6 Å². The molecule has 0 amide bonds. The molecular formula is C11H7FN2O4S. The van der Waals surface area contributed by atoms with Gasteiger partial charge in [-0.2, -0.15) is 11.3 Å². The molecule has 2 rings (SSSR count). The highest BCUT2D eigenvalue weighted by Gasteiger charge is 2.21. The molecule has 2 aromatic rings. The van der Waals surface area contributed by atoms with Gasteiger partial charge in [-0.05, 0) is 17.5 Å². The van der Waals surface area contributed by atoms with Crippen LogP contribution >= 0.6 is 11.3 Å². The van der Waals surface area contributed by atoms with Crippen LogP contribution in [0, 0.1) is 15.9 Å². The molecule has 0 fully saturated rings. The van der Waals surface area contributed by atoms with Gasteiger partial charge in [-0.15, -0.1) is 0 Å². The summed E-state index contributed by atoms with van der Waals surface area (Å²) in [5, 5.41) is 25.8. The number of aromatic carboxylic acids is 1. The van der Waals surface area contributed by atoms with Gasteiger partial charge in [0.1, 0.15) is 11.5 Å². The number of carbonyl (C=O) groups is 1. The molecule has 0 saturated carbocycles. The third-order valence-corrected chi connectivity index (χ3v) is 3.00. The molecule has 1 aromatic carbocycles. The number of carboxylic acid groups (broad SMARTS) is 1. The van der Waals surface area contributed by atoms with Crippen molar-refractivity contribution in [2.75, 3.05) is 5.32 Å². The molecule has 98 valence electrons. The van der Waals surface area contributed by atoms with Crippen LogP contribution in [0.4, 0.5) is 21.5 Å². The number of rotatable bonds is 4. The van der Waals surface area contributed by atoms with Gasteiger partial charge in [-0.3, -0.25) is 10.1 Å². The summed E-state index contributed by atoms with van der Waals surface area (Å²) in [6.07, 6.45) is 0. The van der Waals surface area contributed by atoms with Gasteiger partial charge >= 0.3 is 5.97 Å². The largest absolute Gasteiger partial charge is 0.478 e. The molecule has 0 aliphatic rings. The lowest BCUT2D eigenvalue weighted by atomic mass is 10.1. The molecule has 19 heavy (non-hydrogen) atoms. The number of hydrogen-bond donors (Lipinski definition) is 2. The van der Waals surface area contributed by atoms with Crippen LogP contribution in [0.3, 0.4) is 0 Å². The zero-order chi connectivity index (χ0) is 14.0. The maximum atomic E-state index is 13.4. The molecule has 0 aliphatic heterocycles. The van der Waals surface area contributed by atoms with Crippen LogP contribution in [0.15, 0.2) is 29.0 Å². The van der Waals surface area contributed by atoms with Crippen molar-refractivity contribution in [1.82, 2.24) is 0 Å². The Labute approximate surface area is 110 Å². The topological polar surface area (TPSA) is 92.5 Å². The molecule has 8 heteroatoms. The normalized spacial score (nSPS) is 10.2. The number of nitro groups is 1. The van der Waals surface area contributed by atoms with E-state index in [2.05, 4.69) is 5.32 Å². The van der Waals surface area contributed by atoms with E-state index in [1.807, 2.05) is 0 Å². The minimum atomic E-state index is -1.49. The Morgan fingerprint density at radius 2 is 2.21 bits per heavy atom. The highest BCUT2D eigenvalue weighted by atomic mass is 32.1. The summed E-state index contributed by atoms with van der Waals surface area (Å²) in [5.74, 6) is -2.63. The van der Waals surface area contributed by atoms with Crippen molar-refractivity contribution >= 4 is 34.4 Å². The first kappa shape index (κ1) is 13.0. The van der Waals surface area contributed by atoms with Crippen molar-refractivity contribution in [3.8, 4) is 0 Å². The van der Waals surface area contributed by atoms with Crippen molar-refractivity contribution in [3.63, 3.8) is 0 Å². The molecule has 0 bridgehead atoms. The van der Waals surface area contributed by atoms with Crippen molar-refractivity contribution < 1.29 is 19.2 Å². The lowest BCUT2D eigenvalue weighted by molar-refractivity contribution is -0.384. The quantitative estimate of drug-likeness (QED) is 0.663. The highest BCUT2D eigenvalue weighted by molar-refractivity contribution is 7.08. The zero-order valence-electron chi connectivity index (χ0n) is 9.29. The van der Waals surface area contributed by atoms with E-state index in [-0.39, 0.29) is 5.69 Å². The Kier molecular flexibility index (Phi) is 3.43. The van der Waals surface area contributed by atoms with Crippen LogP contribution in [0.5, 0.6) is 0 Å².